The summed E-state index contributed by atoms with van der Waals surface area (Å²) in [4.78, 5) is 0. The molecule has 0 aromatic carbocycles. The predicted molar refractivity (Wildman–Crippen MR) is 59.3 cm³/mol. The van der Waals surface area contributed by atoms with Gasteiger partial charge in [0.15, 0.2) is 0 Å². The SMILES string of the molecule is CCCCCCC1CCC(C(F)(F)F)CN1. The molecule has 0 saturated carbocycles. The van der Waals surface area contributed by atoms with E-state index in [2.05, 4.69) is 12.2 Å². The fourth-order valence-corrected chi connectivity index (χ4v) is 2.26. The van der Waals surface area contributed by atoms with E-state index in [4.69, 9.17) is 0 Å². The normalized spacial score (nSPS) is 27.0. The summed E-state index contributed by atoms with van der Waals surface area (Å²) in [7, 11) is 0. The molecule has 1 aliphatic rings. The summed E-state index contributed by atoms with van der Waals surface area (Å²) in [5, 5.41) is 3.03. The number of halogens is 3. The minimum Gasteiger partial charge on any atom is -0.313 e. The van der Waals surface area contributed by atoms with Crippen molar-refractivity contribution in [2.24, 2.45) is 5.92 Å². The Bertz CT molecular complexity index is 183. The molecule has 16 heavy (non-hydrogen) atoms. The van der Waals surface area contributed by atoms with E-state index in [0.29, 0.717) is 18.9 Å². The standard InChI is InChI=1S/C12H22F3N/c1-2-3-4-5-6-11-8-7-10(9-16-11)12(13,14)15/h10-11,16H,2-9H2,1H3. The van der Waals surface area contributed by atoms with Gasteiger partial charge in [-0.1, -0.05) is 32.6 Å². The third-order valence-electron chi connectivity index (χ3n) is 3.39. The molecule has 96 valence electrons. The number of rotatable bonds is 5. The van der Waals surface area contributed by atoms with Gasteiger partial charge in [0.05, 0.1) is 5.92 Å². The van der Waals surface area contributed by atoms with Crippen molar-refractivity contribution < 1.29 is 13.2 Å². The fourth-order valence-electron chi connectivity index (χ4n) is 2.26. The second kappa shape index (κ2) is 6.48. The van der Waals surface area contributed by atoms with E-state index >= 15 is 0 Å². The number of alkyl halides is 3. The Morgan fingerprint density at radius 3 is 2.38 bits per heavy atom. The van der Waals surface area contributed by atoms with Crippen LogP contribution in [0.25, 0.3) is 0 Å². The van der Waals surface area contributed by atoms with Crippen LogP contribution < -0.4 is 5.32 Å². The first-order valence-corrected chi connectivity index (χ1v) is 6.34. The molecule has 0 aromatic rings. The van der Waals surface area contributed by atoms with Crippen molar-refractivity contribution in [3.8, 4) is 0 Å². The Labute approximate surface area is 95.8 Å². The lowest BCUT2D eigenvalue weighted by Gasteiger charge is -2.31. The Morgan fingerprint density at radius 2 is 1.88 bits per heavy atom. The van der Waals surface area contributed by atoms with Gasteiger partial charge in [0.25, 0.3) is 0 Å². The molecule has 2 unspecified atom stereocenters. The first kappa shape index (κ1) is 13.8. The molecule has 0 amide bonds. The van der Waals surface area contributed by atoms with Crippen LogP contribution in [0, 0.1) is 5.92 Å². The van der Waals surface area contributed by atoms with Crippen LogP contribution in [0.5, 0.6) is 0 Å². The van der Waals surface area contributed by atoms with Crippen LogP contribution in [0.1, 0.15) is 51.9 Å². The zero-order valence-corrected chi connectivity index (χ0v) is 9.95. The molecular formula is C12H22F3N. The summed E-state index contributed by atoms with van der Waals surface area (Å²) in [5.74, 6) is -1.13. The average molecular weight is 237 g/mol. The van der Waals surface area contributed by atoms with Gasteiger partial charge in [-0.3, -0.25) is 0 Å². The Morgan fingerprint density at radius 1 is 1.12 bits per heavy atom. The van der Waals surface area contributed by atoms with Crippen molar-refractivity contribution in [1.82, 2.24) is 5.32 Å². The zero-order chi connectivity index (χ0) is 12.0. The first-order valence-electron chi connectivity index (χ1n) is 6.34. The van der Waals surface area contributed by atoms with Crippen LogP contribution in [-0.2, 0) is 0 Å². The van der Waals surface area contributed by atoms with Gasteiger partial charge >= 0.3 is 6.18 Å². The lowest BCUT2D eigenvalue weighted by Crippen LogP contribution is -2.44. The van der Waals surface area contributed by atoms with Crippen molar-refractivity contribution >= 4 is 0 Å². The topological polar surface area (TPSA) is 12.0 Å². The highest BCUT2D eigenvalue weighted by atomic mass is 19.4. The second-order valence-electron chi connectivity index (χ2n) is 4.77. The van der Waals surface area contributed by atoms with Gasteiger partial charge in [-0.25, -0.2) is 0 Å². The lowest BCUT2D eigenvalue weighted by atomic mass is 9.91. The maximum atomic E-state index is 12.4. The van der Waals surface area contributed by atoms with Crippen LogP contribution in [0.15, 0.2) is 0 Å². The zero-order valence-electron chi connectivity index (χ0n) is 9.95. The van der Waals surface area contributed by atoms with Crippen LogP contribution in [0.4, 0.5) is 13.2 Å². The van der Waals surface area contributed by atoms with Gasteiger partial charge in [-0.2, -0.15) is 13.2 Å². The molecule has 1 fully saturated rings. The Balaban J connectivity index is 2.12. The number of unbranched alkanes of at least 4 members (excludes halogenated alkanes) is 3. The number of hydrogen-bond donors (Lipinski definition) is 1. The molecule has 0 radical (unpaired) electrons. The highest BCUT2D eigenvalue weighted by Crippen LogP contribution is 2.32. The van der Waals surface area contributed by atoms with Crippen molar-refractivity contribution in [1.29, 1.82) is 0 Å². The molecule has 1 nitrogen and oxygen atoms in total. The third kappa shape index (κ3) is 4.73. The van der Waals surface area contributed by atoms with Crippen LogP contribution in [0.3, 0.4) is 0 Å². The van der Waals surface area contributed by atoms with E-state index in [0.717, 1.165) is 12.8 Å². The predicted octanol–water partition coefficient (Wildman–Crippen LogP) is 3.89. The summed E-state index contributed by atoms with van der Waals surface area (Å²) in [6.07, 6.45) is 2.78. The molecule has 1 heterocycles. The number of piperidine rings is 1. The summed E-state index contributed by atoms with van der Waals surface area (Å²) in [6, 6.07) is 0.315. The smallest absolute Gasteiger partial charge is 0.313 e. The fraction of sp³-hybridized carbons (Fsp3) is 1.00. The summed E-state index contributed by atoms with van der Waals surface area (Å²) in [6.45, 7) is 2.27. The second-order valence-corrected chi connectivity index (χ2v) is 4.77. The van der Waals surface area contributed by atoms with E-state index in [1.807, 2.05) is 0 Å². The maximum Gasteiger partial charge on any atom is 0.393 e. The molecule has 0 spiro atoms. The van der Waals surface area contributed by atoms with E-state index in [1.54, 1.807) is 0 Å². The summed E-state index contributed by atoms with van der Waals surface area (Å²) < 4.78 is 37.1. The Hall–Kier alpha value is -0.250. The monoisotopic (exact) mass is 237 g/mol. The molecular weight excluding hydrogens is 215 g/mol. The van der Waals surface area contributed by atoms with E-state index < -0.39 is 12.1 Å². The van der Waals surface area contributed by atoms with Gasteiger partial charge in [-0.05, 0) is 19.3 Å². The van der Waals surface area contributed by atoms with Crippen LogP contribution in [-0.4, -0.2) is 18.8 Å². The highest BCUT2D eigenvalue weighted by molar-refractivity contribution is 4.81. The van der Waals surface area contributed by atoms with Gasteiger partial charge in [0.2, 0.25) is 0 Å². The Kier molecular flexibility index (Phi) is 5.59. The van der Waals surface area contributed by atoms with Crippen LogP contribution in [0.2, 0.25) is 0 Å². The largest absolute Gasteiger partial charge is 0.393 e. The molecule has 0 bridgehead atoms. The average Bonchev–Trinajstić information content (AvgIpc) is 2.24. The highest BCUT2D eigenvalue weighted by Gasteiger charge is 2.41. The minimum atomic E-state index is -4.01. The maximum absolute atomic E-state index is 12.4. The van der Waals surface area contributed by atoms with E-state index in [9.17, 15) is 13.2 Å². The molecule has 0 aromatic heterocycles. The van der Waals surface area contributed by atoms with Gasteiger partial charge in [-0.15, -0.1) is 0 Å². The molecule has 1 saturated heterocycles. The molecule has 2 atom stereocenters. The molecule has 0 aliphatic carbocycles. The van der Waals surface area contributed by atoms with Gasteiger partial charge in [0.1, 0.15) is 0 Å². The summed E-state index contributed by atoms with van der Waals surface area (Å²) in [5.41, 5.74) is 0. The number of nitrogens with one attached hydrogen (secondary N) is 1. The molecule has 1 aliphatic heterocycles. The minimum absolute atomic E-state index is 0.113. The van der Waals surface area contributed by atoms with Crippen molar-refractivity contribution in [2.45, 2.75) is 64.1 Å². The van der Waals surface area contributed by atoms with Crippen molar-refractivity contribution in [3.63, 3.8) is 0 Å². The number of hydrogen-bond acceptors (Lipinski definition) is 1. The molecule has 1 N–H and O–H groups in total. The third-order valence-corrected chi connectivity index (χ3v) is 3.39. The van der Waals surface area contributed by atoms with Gasteiger partial charge < -0.3 is 5.32 Å². The van der Waals surface area contributed by atoms with E-state index in [1.165, 1.54) is 19.3 Å². The van der Waals surface area contributed by atoms with Crippen LogP contribution >= 0.6 is 0 Å². The van der Waals surface area contributed by atoms with Gasteiger partial charge in [0, 0.05) is 12.6 Å². The summed E-state index contributed by atoms with van der Waals surface area (Å²) >= 11 is 0. The lowest BCUT2D eigenvalue weighted by molar-refractivity contribution is -0.179. The van der Waals surface area contributed by atoms with Crippen molar-refractivity contribution in [2.75, 3.05) is 6.54 Å². The van der Waals surface area contributed by atoms with E-state index in [-0.39, 0.29) is 6.54 Å². The molecule has 1 rings (SSSR count). The molecule has 4 heteroatoms. The van der Waals surface area contributed by atoms with Crippen molar-refractivity contribution in [3.05, 3.63) is 0 Å². The first-order chi connectivity index (χ1) is 7.54. The quantitative estimate of drug-likeness (QED) is 0.715.